The summed E-state index contributed by atoms with van der Waals surface area (Å²) in [7, 11) is 0. The lowest BCUT2D eigenvalue weighted by Crippen LogP contribution is -2.42. The summed E-state index contributed by atoms with van der Waals surface area (Å²) in [4.78, 5) is 14.2. The van der Waals surface area contributed by atoms with E-state index in [9.17, 15) is 10.1 Å². The minimum absolute atomic E-state index is 0.0420. The predicted octanol–water partition coefficient (Wildman–Crippen LogP) is 3.33. The average Bonchev–Trinajstić information content (AvgIpc) is 2.36. The molecule has 1 atom stereocenters. The average molecular weight is 258 g/mol. The Bertz CT molecular complexity index is 438. The fourth-order valence-electron chi connectivity index (χ4n) is 2.38. The number of amides is 1. The fraction of sp³-hybridized carbons (Fsp3) is 0.500. The van der Waals surface area contributed by atoms with E-state index in [2.05, 4.69) is 6.07 Å². The molecule has 0 aliphatic rings. The Morgan fingerprint density at radius 2 is 1.68 bits per heavy atom. The second-order valence-electron chi connectivity index (χ2n) is 5.28. The van der Waals surface area contributed by atoms with E-state index in [0.29, 0.717) is 0 Å². The minimum Gasteiger partial charge on any atom is -0.338 e. The first kappa shape index (κ1) is 15.2. The quantitative estimate of drug-likeness (QED) is 0.813. The van der Waals surface area contributed by atoms with Gasteiger partial charge in [0.2, 0.25) is 5.91 Å². The lowest BCUT2D eigenvalue weighted by atomic mass is 9.96. The molecule has 0 aliphatic heterocycles. The first-order chi connectivity index (χ1) is 8.97. The smallest absolute Gasteiger partial charge is 0.224 e. The van der Waals surface area contributed by atoms with Gasteiger partial charge < -0.3 is 4.90 Å². The van der Waals surface area contributed by atoms with Crippen LogP contribution in [0.3, 0.4) is 0 Å². The number of benzene rings is 1. The molecule has 0 spiro atoms. The van der Waals surface area contributed by atoms with Crippen molar-refractivity contribution in [2.75, 3.05) is 0 Å². The van der Waals surface area contributed by atoms with Gasteiger partial charge in [0.05, 0.1) is 12.0 Å². The van der Waals surface area contributed by atoms with Crippen molar-refractivity contribution in [2.45, 2.75) is 52.1 Å². The van der Waals surface area contributed by atoms with Crippen molar-refractivity contribution >= 4 is 5.91 Å². The molecule has 0 N–H and O–H groups in total. The number of nitriles is 1. The molecule has 1 aromatic rings. The molecule has 1 unspecified atom stereocenters. The molecule has 0 aliphatic carbocycles. The van der Waals surface area contributed by atoms with Crippen LogP contribution in [0.15, 0.2) is 30.3 Å². The molecule has 0 aromatic heterocycles. The van der Waals surface area contributed by atoms with Crippen LogP contribution in [0.2, 0.25) is 0 Å². The highest BCUT2D eigenvalue weighted by molar-refractivity contribution is 5.78. The maximum absolute atomic E-state index is 12.3. The highest BCUT2D eigenvalue weighted by Gasteiger charge is 2.24. The van der Waals surface area contributed by atoms with Crippen LogP contribution in [0.5, 0.6) is 0 Å². The Labute approximate surface area is 115 Å². The molecule has 102 valence electrons. The van der Waals surface area contributed by atoms with Crippen LogP contribution >= 0.6 is 0 Å². The lowest BCUT2D eigenvalue weighted by molar-refractivity contribution is -0.134. The zero-order valence-electron chi connectivity index (χ0n) is 12.1. The first-order valence-electron chi connectivity index (χ1n) is 6.73. The molecule has 0 heterocycles. The van der Waals surface area contributed by atoms with Gasteiger partial charge in [-0.1, -0.05) is 30.3 Å². The van der Waals surface area contributed by atoms with Crippen LogP contribution in [0.4, 0.5) is 0 Å². The molecule has 3 heteroatoms. The molecule has 0 fully saturated rings. The Balaban J connectivity index is 2.82. The summed E-state index contributed by atoms with van der Waals surface area (Å²) in [5.41, 5.74) is 0.908. The monoisotopic (exact) mass is 258 g/mol. The van der Waals surface area contributed by atoms with E-state index < -0.39 is 0 Å². The molecule has 1 rings (SSSR count). The zero-order valence-corrected chi connectivity index (χ0v) is 12.1. The summed E-state index contributed by atoms with van der Waals surface area (Å²) in [6, 6.07) is 12.0. The number of nitrogens with zero attached hydrogens (tertiary/aromatic N) is 2. The third kappa shape index (κ3) is 4.10. The van der Waals surface area contributed by atoms with Gasteiger partial charge in [-0.05, 0) is 33.3 Å². The molecule has 3 nitrogen and oxygen atoms in total. The van der Waals surface area contributed by atoms with Gasteiger partial charge in [-0.3, -0.25) is 4.79 Å². The van der Waals surface area contributed by atoms with E-state index in [-0.39, 0.29) is 30.3 Å². The second kappa shape index (κ2) is 6.94. The van der Waals surface area contributed by atoms with Crippen LogP contribution in [0, 0.1) is 11.3 Å². The summed E-state index contributed by atoms with van der Waals surface area (Å²) in [6.45, 7) is 8.01. The molecular formula is C16H22N2O. The fourth-order valence-corrected chi connectivity index (χ4v) is 2.38. The number of rotatable bonds is 5. The van der Waals surface area contributed by atoms with Crippen molar-refractivity contribution in [3.63, 3.8) is 0 Å². The van der Waals surface area contributed by atoms with Gasteiger partial charge in [-0.15, -0.1) is 0 Å². The standard InChI is InChI=1S/C16H22N2O/c1-12(2)18(13(3)4)16(19)10-15(11-17)14-8-6-5-7-9-14/h5-9,12-13,15H,10H2,1-4H3. The van der Waals surface area contributed by atoms with Gasteiger partial charge in [0.15, 0.2) is 0 Å². The van der Waals surface area contributed by atoms with Crippen LogP contribution in [-0.4, -0.2) is 22.9 Å². The maximum Gasteiger partial charge on any atom is 0.224 e. The third-order valence-electron chi connectivity index (χ3n) is 3.14. The predicted molar refractivity (Wildman–Crippen MR) is 76.5 cm³/mol. The number of carbonyl (C=O) groups is 1. The van der Waals surface area contributed by atoms with E-state index in [4.69, 9.17) is 0 Å². The zero-order chi connectivity index (χ0) is 14.4. The van der Waals surface area contributed by atoms with Crippen molar-refractivity contribution in [2.24, 2.45) is 0 Å². The normalized spacial score (nSPS) is 12.3. The van der Waals surface area contributed by atoms with Gasteiger partial charge in [-0.2, -0.15) is 5.26 Å². The number of carbonyl (C=O) groups excluding carboxylic acids is 1. The van der Waals surface area contributed by atoms with Crippen LogP contribution in [0.25, 0.3) is 0 Å². The van der Waals surface area contributed by atoms with Gasteiger partial charge in [0, 0.05) is 18.5 Å². The number of hydrogen-bond acceptors (Lipinski definition) is 2. The summed E-state index contributed by atoms with van der Waals surface area (Å²) >= 11 is 0. The molecule has 0 radical (unpaired) electrons. The van der Waals surface area contributed by atoms with Crippen LogP contribution in [-0.2, 0) is 4.79 Å². The largest absolute Gasteiger partial charge is 0.338 e. The van der Waals surface area contributed by atoms with Gasteiger partial charge in [0.25, 0.3) is 0 Å². The van der Waals surface area contributed by atoms with Crippen molar-refractivity contribution in [1.29, 1.82) is 5.26 Å². The summed E-state index contributed by atoms with van der Waals surface area (Å²) < 4.78 is 0. The highest BCUT2D eigenvalue weighted by Crippen LogP contribution is 2.21. The first-order valence-corrected chi connectivity index (χ1v) is 6.73. The molecule has 19 heavy (non-hydrogen) atoms. The van der Waals surface area contributed by atoms with Gasteiger partial charge >= 0.3 is 0 Å². The number of hydrogen-bond donors (Lipinski definition) is 0. The van der Waals surface area contributed by atoms with E-state index in [1.54, 1.807) is 0 Å². The topological polar surface area (TPSA) is 44.1 Å². The highest BCUT2D eigenvalue weighted by atomic mass is 16.2. The minimum atomic E-state index is -0.367. The van der Waals surface area contributed by atoms with Crippen molar-refractivity contribution < 1.29 is 4.79 Å². The van der Waals surface area contributed by atoms with E-state index in [1.807, 2.05) is 62.9 Å². The molecule has 0 saturated carbocycles. The summed E-state index contributed by atoms with van der Waals surface area (Å²) in [5, 5.41) is 9.27. The maximum atomic E-state index is 12.3. The van der Waals surface area contributed by atoms with Crippen LogP contribution < -0.4 is 0 Å². The molecule has 1 aromatic carbocycles. The SMILES string of the molecule is CC(C)N(C(=O)CC(C#N)c1ccccc1)C(C)C. The van der Waals surface area contributed by atoms with E-state index in [0.717, 1.165) is 5.56 Å². The Morgan fingerprint density at radius 3 is 2.11 bits per heavy atom. The Hall–Kier alpha value is -1.82. The van der Waals surface area contributed by atoms with Gasteiger partial charge in [-0.25, -0.2) is 0 Å². The Morgan fingerprint density at radius 1 is 1.16 bits per heavy atom. The lowest BCUT2D eigenvalue weighted by Gasteiger charge is -2.31. The van der Waals surface area contributed by atoms with Crippen LogP contribution in [0.1, 0.15) is 45.6 Å². The van der Waals surface area contributed by atoms with Crippen molar-refractivity contribution in [3.8, 4) is 6.07 Å². The van der Waals surface area contributed by atoms with E-state index in [1.165, 1.54) is 0 Å². The van der Waals surface area contributed by atoms with Crippen molar-refractivity contribution in [1.82, 2.24) is 4.90 Å². The molecule has 0 saturated heterocycles. The van der Waals surface area contributed by atoms with Gasteiger partial charge in [0.1, 0.15) is 0 Å². The van der Waals surface area contributed by atoms with E-state index >= 15 is 0 Å². The third-order valence-corrected chi connectivity index (χ3v) is 3.14. The summed E-state index contributed by atoms with van der Waals surface area (Å²) in [6.07, 6.45) is 0.247. The Kier molecular flexibility index (Phi) is 5.57. The van der Waals surface area contributed by atoms with Crippen molar-refractivity contribution in [3.05, 3.63) is 35.9 Å². The summed E-state index contributed by atoms with van der Waals surface area (Å²) in [5.74, 6) is -0.325. The molecule has 1 amide bonds. The second-order valence-corrected chi connectivity index (χ2v) is 5.28. The molecular weight excluding hydrogens is 236 g/mol. The molecule has 0 bridgehead atoms.